The van der Waals surface area contributed by atoms with Gasteiger partial charge in [0.15, 0.2) is 6.10 Å². The van der Waals surface area contributed by atoms with E-state index in [4.69, 9.17) is 9.47 Å². The van der Waals surface area contributed by atoms with Gasteiger partial charge in [0.2, 0.25) is 0 Å². The minimum Gasteiger partial charge on any atom is -0.493 e. The lowest BCUT2D eigenvalue weighted by Crippen LogP contribution is -2.26. The molecule has 0 saturated heterocycles. The summed E-state index contributed by atoms with van der Waals surface area (Å²) in [4.78, 5) is 11.3. The lowest BCUT2D eigenvalue weighted by atomic mass is 9.88. The van der Waals surface area contributed by atoms with Gasteiger partial charge in [-0.3, -0.25) is 0 Å². The van der Waals surface area contributed by atoms with Crippen molar-refractivity contribution in [3.8, 4) is 5.75 Å². The number of benzene rings is 3. The van der Waals surface area contributed by atoms with Gasteiger partial charge in [0, 0.05) is 19.4 Å². The fourth-order valence-corrected chi connectivity index (χ4v) is 4.33. The molecule has 1 atom stereocenters. The van der Waals surface area contributed by atoms with E-state index in [0.717, 1.165) is 30.6 Å². The van der Waals surface area contributed by atoms with Gasteiger partial charge in [-0.2, -0.15) is 0 Å². The highest BCUT2D eigenvalue weighted by atomic mass is 16.5. The van der Waals surface area contributed by atoms with Crippen molar-refractivity contribution in [2.45, 2.75) is 38.7 Å². The van der Waals surface area contributed by atoms with Crippen LogP contribution in [0.2, 0.25) is 0 Å². The molecule has 0 radical (unpaired) electrons. The normalized spacial score (nSPS) is 15.2. The summed E-state index contributed by atoms with van der Waals surface area (Å²) in [5.41, 5.74) is 7.56. The predicted molar refractivity (Wildman–Crippen MR) is 131 cm³/mol. The van der Waals surface area contributed by atoms with Gasteiger partial charge in [0.25, 0.3) is 0 Å². The van der Waals surface area contributed by atoms with E-state index in [2.05, 4.69) is 54.6 Å². The summed E-state index contributed by atoms with van der Waals surface area (Å²) in [5.74, 6) is -0.159. The Bertz CT molecular complexity index is 1110. The van der Waals surface area contributed by atoms with Crippen LogP contribution in [-0.4, -0.2) is 30.4 Å². The van der Waals surface area contributed by atoms with E-state index >= 15 is 0 Å². The lowest BCUT2D eigenvalue weighted by molar-refractivity contribution is -0.149. The third-order valence-electron chi connectivity index (χ3n) is 6.04. The molecule has 170 valence electrons. The van der Waals surface area contributed by atoms with Crippen LogP contribution in [0.25, 0.3) is 11.6 Å². The molecule has 0 spiro atoms. The number of carboxylic acid groups (broad SMARTS) is 1. The Labute approximate surface area is 195 Å². The molecule has 0 amide bonds. The monoisotopic (exact) mass is 442 g/mol. The van der Waals surface area contributed by atoms with Gasteiger partial charge in [0.1, 0.15) is 5.75 Å². The van der Waals surface area contributed by atoms with Crippen molar-refractivity contribution in [3.63, 3.8) is 0 Å². The van der Waals surface area contributed by atoms with Crippen LogP contribution >= 0.6 is 0 Å². The van der Waals surface area contributed by atoms with Crippen LogP contribution in [0.4, 0.5) is 0 Å². The van der Waals surface area contributed by atoms with E-state index in [1.165, 1.54) is 27.8 Å². The highest BCUT2D eigenvalue weighted by molar-refractivity contribution is 5.84. The maximum absolute atomic E-state index is 11.3. The first kappa shape index (κ1) is 22.8. The molecule has 1 aliphatic rings. The molecule has 1 N–H and O–H groups in total. The van der Waals surface area contributed by atoms with Crippen LogP contribution in [0.3, 0.4) is 0 Å². The van der Waals surface area contributed by atoms with Gasteiger partial charge in [-0.15, -0.1) is 0 Å². The Morgan fingerprint density at radius 1 is 0.939 bits per heavy atom. The molecule has 0 aromatic heterocycles. The number of fused-ring (bicyclic) bond motifs is 2. The van der Waals surface area contributed by atoms with Gasteiger partial charge < -0.3 is 14.6 Å². The zero-order chi connectivity index (χ0) is 23.0. The molecule has 4 heteroatoms. The SMILES string of the molecule is CCOC(Cc1ccc(OCC/C2=C/c3ccccc3CCc3ccccc32)cc1)C(=O)O. The summed E-state index contributed by atoms with van der Waals surface area (Å²) in [6.07, 6.45) is 4.71. The average molecular weight is 443 g/mol. The number of aliphatic carboxylic acids is 1. The number of rotatable bonds is 9. The average Bonchev–Trinajstić information content (AvgIpc) is 2.82. The van der Waals surface area contributed by atoms with Crippen molar-refractivity contribution in [2.24, 2.45) is 0 Å². The van der Waals surface area contributed by atoms with E-state index in [1.807, 2.05) is 24.3 Å². The molecule has 0 bridgehead atoms. The summed E-state index contributed by atoms with van der Waals surface area (Å²) >= 11 is 0. The van der Waals surface area contributed by atoms with Crippen molar-refractivity contribution < 1.29 is 19.4 Å². The largest absolute Gasteiger partial charge is 0.493 e. The van der Waals surface area contributed by atoms with Crippen LogP contribution in [0, 0.1) is 0 Å². The smallest absolute Gasteiger partial charge is 0.333 e. The second-order valence-corrected chi connectivity index (χ2v) is 8.25. The maximum atomic E-state index is 11.3. The molecule has 1 unspecified atom stereocenters. The number of carboxylic acids is 1. The second kappa shape index (κ2) is 11.0. The van der Waals surface area contributed by atoms with Crippen LogP contribution in [-0.2, 0) is 28.8 Å². The first-order valence-corrected chi connectivity index (χ1v) is 11.6. The van der Waals surface area contributed by atoms with Gasteiger partial charge >= 0.3 is 5.97 Å². The van der Waals surface area contributed by atoms with Crippen molar-refractivity contribution in [3.05, 3.63) is 101 Å². The third kappa shape index (κ3) is 5.91. The topological polar surface area (TPSA) is 55.8 Å². The lowest BCUT2D eigenvalue weighted by Gasteiger charge is -2.18. The summed E-state index contributed by atoms with van der Waals surface area (Å²) < 4.78 is 11.4. The number of aryl methyl sites for hydroxylation is 2. The summed E-state index contributed by atoms with van der Waals surface area (Å²) in [6, 6.07) is 24.9. The van der Waals surface area contributed by atoms with Crippen LogP contribution in [0.15, 0.2) is 72.8 Å². The fourth-order valence-electron chi connectivity index (χ4n) is 4.33. The van der Waals surface area contributed by atoms with Gasteiger partial charge in [0.05, 0.1) is 6.61 Å². The quantitative estimate of drug-likeness (QED) is 0.453. The zero-order valence-corrected chi connectivity index (χ0v) is 19.0. The highest BCUT2D eigenvalue weighted by Crippen LogP contribution is 2.30. The molecule has 0 fully saturated rings. The molecule has 3 aromatic carbocycles. The van der Waals surface area contributed by atoms with Crippen molar-refractivity contribution >= 4 is 17.6 Å². The molecule has 0 aliphatic heterocycles. The summed E-state index contributed by atoms with van der Waals surface area (Å²) in [7, 11) is 0. The van der Waals surface area contributed by atoms with Crippen molar-refractivity contribution in [1.82, 2.24) is 0 Å². The van der Waals surface area contributed by atoms with Crippen LogP contribution in [0.1, 0.15) is 41.2 Å². The molecule has 4 nitrogen and oxygen atoms in total. The third-order valence-corrected chi connectivity index (χ3v) is 6.04. The van der Waals surface area contributed by atoms with Crippen molar-refractivity contribution in [2.75, 3.05) is 13.2 Å². The number of hydrogen-bond acceptors (Lipinski definition) is 3. The Morgan fingerprint density at radius 3 is 2.39 bits per heavy atom. The Balaban J connectivity index is 1.44. The molecular weight excluding hydrogens is 412 g/mol. The highest BCUT2D eigenvalue weighted by Gasteiger charge is 2.18. The van der Waals surface area contributed by atoms with E-state index < -0.39 is 12.1 Å². The van der Waals surface area contributed by atoms with E-state index in [-0.39, 0.29) is 0 Å². The van der Waals surface area contributed by atoms with Gasteiger partial charge in [-0.1, -0.05) is 66.7 Å². The first-order valence-electron chi connectivity index (χ1n) is 11.6. The molecule has 3 aromatic rings. The molecule has 0 saturated carbocycles. The molecule has 4 rings (SSSR count). The number of ether oxygens (including phenoxy) is 2. The molecule has 33 heavy (non-hydrogen) atoms. The maximum Gasteiger partial charge on any atom is 0.333 e. The molecule has 1 aliphatic carbocycles. The minimum absolute atomic E-state index is 0.340. The molecular formula is C29H30O4. The van der Waals surface area contributed by atoms with E-state index in [9.17, 15) is 9.90 Å². The predicted octanol–water partition coefficient (Wildman–Crippen LogP) is 5.83. The standard InChI is InChI=1S/C29H30O4/c1-2-32-28(29(30)31)19-21-11-15-26(16-12-21)33-18-17-25-20-24-9-4-3-7-22(24)13-14-23-8-5-6-10-27(23)25/h3-12,15-16,20,28H,2,13-14,17-19H2,1H3,(H,30,31)/b25-20-. The number of hydrogen-bond donors (Lipinski definition) is 1. The van der Waals surface area contributed by atoms with Crippen LogP contribution in [0.5, 0.6) is 5.75 Å². The van der Waals surface area contributed by atoms with E-state index in [1.54, 1.807) is 6.92 Å². The van der Waals surface area contributed by atoms with Gasteiger partial charge in [-0.25, -0.2) is 4.79 Å². The molecule has 0 heterocycles. The van der Waals surface area contributed by atoms with Crippen molar-refractivity contribution in [1.29, 1.82) is 0 Å². The Hall–Kier alpha value is -3.37. The number of carbonyl (C=O) groups is 1. The van der Waals surface area contributed by atoms with Crippen LogP contribution < -0.4 is 4.74 Å². The summed E-state index contributed by atoms with van der Waals surface area (Å²) in [6.45, 7) is 2.75. The second-order valence-electron chi connectivity index (χ2n) is 8.25. The summed E-state index contributed by atoms with van der Waals surface area (Å²) in [5, 5.41) is 9.27. The van der Waals surface area contributed by atoms with E-state index in [0.29, 0.717) is 19.6 Å². The fraction of sp³-hybridized carbons (Fsp3) is 0.276. The Morgan fingerprint density at radius 2 is 1.64 bits per heavy atom. The zero-order valence-electron chi connectivity index (χ0n) is 19.0. The first-order chi connectivity index (χ1) is 16.1. The minimum atomic E-state index is -0.938. The Kier molecular flexibility index (Phi) is 7.59. The van der Waals surface area contributed by atoms with Gasteiger partial charge in [-0.05, 0) is 65.3 Å².